The van der Waals surface area contributed by atoms with Crippen LogP contribution in [0.2, 0.25) is 0 Å². The number of benzene rings is 2. The zero-order valence-corrected chi connectivity index (χ0v) is 17.0. The Morgan fingerprint density at radius 2 is 1.76 bits per heavy atom. The minimum Gasteiger partial charge on any atom is -0.270 e. The van der Waals surface area contributed by atoms with Crippen LogP contribution in [0.4, 0.5) is 0 Å². The monoisotopic (exact) mass is 397 g/mol. The predicted molar refractivity (Wildman–Crippen MR) is 115 cm³/mol. The number of nitrogens with zero attached hydrogens (tertiary/aromatic N) is 5. The molecule has 0 bridgehead atoms. The van der Waals surface area contributed by atoms with Gasteiger partial charge in [0, 0.05) is 23.7 Å². The normalized spacial score (nSPS) is 10.7. The second kappa shape index (κ2) is 8.29. The van der Waals surface area contributed by atoms with Crippen LogP contribution in [-0.2, 0) is 5.75 Å². The van der Waals surface area contributed by atoms with Gasteiger partial charge in [0.15, 0.2) is 11.0 Å². The van der Waals surface area contributed by atoms with E-state index >= 15 is 0 Å². The molecule has 0 saturated heterocycles. The number of hydrogen-bond donors (Lipinski definition) is 0. The van der Waals surface area contributed by atoms with Crippen molar-refractivity contribution in [1.29, 1.82) is 5.26 Å². The number of rotatable bonds is 5. The quantitative estimate of drug-likeness (QED) is 0.438. The lowest BCUT2D eigenvalue weighted by Gasteiger charge is -2.12. The van der Waals surface area contributed by atoms with Crippen molar-refractivity contribution in [2.24, 2.45) is 0 Å². The van der Waals surface area contributed by atoms with Gasteiger partial charge >= 0.3 is 0 Å². The smallest absolute Gasteiger partial charge is 0.196 e. The molecule has 0 fully saturated rings. The van der Waals surface area contributed by atoms with E-state index in [1.165, 1.54) is 11.1 Å². The number of aryl methyl sites for hydroxylation is 2. The second-order valence-corrected chi connectivity index (χ2v) is 7.65. The van der Waals surface area contributed by atoms with Gasteiger partial charge in [0.25, 0.3) is 0 Å². The van der Waals surface area contributed by atoms with Crippen LogP contribution in [0.1, 0.15) is 22.3 Å². The number of hydrogen-bond acceptors (Lipinski definition) is 5. The largest absolute Gasteiger partial charge is 0.270 e. The third-order valence-electron chi connectivity index (χ3n) is 4.82. The molecule has 0 saturated carbocycles. The van der Waals surface area contributed by atoms with Gasteiger partial charge in [-0.2, -0.15) is 5.26 Å². The molecule has 0 aliphatic heterocycles. The van der Waals surface area contributed by atoms with Gasteiger partial charge in [-0.3, -0.25) is 9.55 Å². The maximum Gasteiger partial charge on any atom is 0.196 e. The van der Waals surface area contributed by atoms with Crippen molar-refractivity contribution in [3.05, 3.63) is 89.2 Å². The number of nitriles is 1. The van der Waals surface area contributed by atoms with Crippen LogP contribution in [0.5, 0.6) is 0 Å². The topological polar surface area (TPSA) is 67.4 Å². The van der Waals surface area contributed by atoms with E-state index in [2.05, 4.69) is 57.9 Å². The van der Waals surface area contributed by atoms with Gasteiger partial charge < -0.3 is 0 Å². The van der Waals surface area contributed by atoms with Crippen LogP contribution in [0, 0.1) is 25.2 Å². The molecule has 0 aliphatic rings. The average Bonchev–Trinajstić information content (AvgIpc) is 3.19. The average molecular weight is 398 g/mol. The highest BCUT2D eigenvalue weighted by molar-refractivity contribution is 7.98. The highest BCUT2D eigenvalue weighted by Gasteiger charge is 2.17. The maximum atomic E-state index is 9.36. The summed E-state index contributed by atoms with van der Waals surface area (Å²) in [5.41, 5.74) is 6.09. The van der Waals surface area contributed by atoms with E-state index in [0.717, 1.165) is 27.8 Å². The third kappa shape index (κ3) is 3.91. The summed E-state index contributed by atoms with van der Waals surface area (Å²) in [4.78, 5) is 4.11. The Balaban J connectivity index is 1.77. The van der Waals surface area contributed by atoms with E-state index in [0.29, 0.717) is 11.3 Å². The number of aromatic nitrogens is 4. The third-order valence-corrected chi connectivity index (χ3v) is 5.79. The van der Waals surface area contributed by atoms with Crippen molar-refractivity contribution in [1.82, 2.24) is 19.7 Å². The summed E-state index contributed by atoms with van der Waals surface area (Å²) in [7, 11) is 0. The van der Waals surface area contributed by atoms with Crippen molar-refractivity contribution in [3.8, 4) is 23.1 Å². The van der Waals surface area contributed by atoms with Crippen molar-refractivity contribution in [2.45, 2.75) is 24.8 Å². The summed E-state index contributed by atoms with van der Waals surface area (Å²) in [5, 5.41) is 19.1. The van der Waals surface area contributed by atoms with Crippen molar-refractivity contribution in [3.63, 3.8) is 0 Å². The van der Waals surface area contributed by atoms with Crippen LogP contribution < -0.4 is 0 Å². The fraction of sp³-hybridized carbons (Fsp3) is 0.130. The van der Waals surface area contributed by atoms with E-state index < -0.39 is 0 Å². The molecule has 4 rings (SSSR count). The summed E-state index contributed by atoms with van der Waals surface area (Å²) < 4.78 is 2.07. The Labute approximate surface area is 174 Å². The molecule has 0 unspecified atom stereocenters. The highest BCUT2D eigenvalue weighted by atomic mass is 32.2. The zero-order chi connectivity index (χ0) is 20.2. The molecule has 0 amide bonds. The van der Waals surface area contributed by atoms with Crippen LogP contribution in [0.25, 0.3) is 17.1 Å². The van der Waals surface area contributed by atoms with Crippen molar-refractivity contribution < 1.29 is 0 Å². The first-order chi connectivity index (χ1) is 14.2. The van der Waals surface area contributed by atoms with E-state index in [1.54, 1.807) is 24.2 Å². The molecule has 142 valence electrons. The molecular formula is C23H19N5S. The van der Waals surface area contributed by atoms with Gasteiger partial charge in [0.2, 0.25) is 0 Å². The summed E-state index contributed by atoms with van der Waals surface area (Å²) in [5.74, 6) is 1.41. The Kier molecular flexibility index (Phi) is 5.41. The lowest BCUT2D eigenvalue weighted by Crippen LogP contribution is -2.01. The van der Waals surface area contributed by atoms with E-state index in [9.17, 15) is 5.26 Å². The molecule has 6 heteroatoms. The molecule has 2 aromatic carbocycles. The lowest BCUT2D eigenvalue weighted by molar-refractivity contribution is 0.884. The van der Waals surface area contributed by atoms with E-state index in [1.807, 2.05) is 36.4 Å². The molecule has 0 N–H and O–H groups in total. The first-order valence-corrected chi connectivity index (χ1v) is 10.2. The Bertz CT molecular complexity index is 1190. The molecule has 0 aliphatic carbocycles. The van der Waals surface area contributed by atoms with Crippen LogP contribution >= 0.6 is 11.8 Å². The van der Waals surface area contributed by atoms with Gasteiger partial charge in [-0.15, -0.1) is 10.2 Å². The SMILES string of the molecule is Cc1ccc(-n2c(SCc3ccccc3C#N)nnc2-c2ccncc2)cc1C. The number of thioether (sulfide) groups is 1. The van der Waals surface area contributed by atoms with Gasteiger partial charge in [-0.05, 0) is 60.9 Å². The molecule has 0 radical (unpaired) electrons. The molecule has 5 nitrogen and oxygen atoms in total. The van der Waals surface area contributed by atoms with Gasteiger partial charge in [-0.1, -0.05) is 36.0 Å². The van der Waals surface area contributed by atoms with E-state index in [4.69, 9.17) is 0 Å². The minimum atomic E-state index is 0.642. The van der Waals surface area contributed by atoms with Crippen LogP contribution in [-0.4, -0.2) is 19.7 Å². The fourth-order valence-corrected chi connectivity index (χ4v) is 4.00. The van der Waals surface area contributed by atoms with Gasteiger partial charge in [0.1, 0.15) is 0 Å². The van der Waals surface area contributed by atoms with Gasteiger partial charge in [-0.25, -0.2) is 0 Å². The standard InChI is InChI=1S/C23H19N5S/c1-16-7-8-21(13-17(16)2)28-22(18-9-11-25-12-10-18)26-27-23(28)29-15-20-6-4-3-5-19(20)14-24/h3-13H,15H2,1-2H3. The van der Waals surface area contributed by atoms with Crippen molar-refractivity contribution in [2.75, 3.05) is 0 Å². The molecular weight excluding hydrogens is 378 g/mol. The lowest BCUT2D eigenvalue weighted by atomic mass is 10.1. The Morgan fingerprint density at radius 3 is 2.52 bits per heavy atom. The molecule has 0 atom stereocenters. The second-order valence-electron chi connectivity index (χ2n) is 6.70. The van der Waals surface area contributed by atoms with Crippen molar-refractivity contribution >= 4 is 11.8 Å². The van der Waals surface area contributed by atoms with E-state index in [-0.39, 0.29) is 0 Å². The summed E-state index contributed by atoms with van der Waals surface area (Å²) in [6.07, 6.45) is 3.51. The van der Waals surface area contributed by atoms with Gasteiger partial charge in [0.05, 0.1) is 17.3 Å². The number of pyridine rings is 1. The molecule has 2 aromatic heterocycles. The molecule has 2 heterocycles. The van der Waals surface area contributed by atoms with Crippen LogP contribution in [0.3, 0.4) is 0 Å². The highest BCUT2D eigenvalue weighted by Crippen LogP contribution is 2.30. The zero-order valence-electron chi connectivity index (χ0n) is 16.2. The predicted octanol–water partition coefficient (Wildman–Crippen LogP) is 5.11. The molecule has 0 spiro atoms. The van der Waals surface area contributed by atoms with Crippen LogP contribution in [0.15, 0.2) is 72.1 Å². The maximum absolute atomic E-state index is 9.36. The Morgan fingerprint density at radius 1 is 0.966 bits per heavy atom. The molecule has 4 aromatic rings. The first kappa shape index (κ1) is 18.9. The first-order valence-electron chi connectivity index (χ1n) is 9.21. The summed E-state index contributed by atoms with van der Waals surface area (Å²) in [6.45, 7) is 4.20. The Hall–Kier alpha value is -3.43. The minimum absolute atomic E-state index is 0.642. The summed E-state index contributed by atoms with van der Waals surface area (Å²) in [6, 6.07) is 20.1. The fourth-order valence-electron chi connectivity index (χ4n) is 3.05. The summed E-state index contributed by atoms with van der Waals surface area (Å²) >= 11 is 1.57. The molecule has 29 heavy (non-hydrogen) atoms.